The summed E-state index contributed by atoms with van der Waals surface area (Å²) in [6, 6.07) is 21.2. The summed E-state index contributed by atoms with van der Waals surface area (Å²) in [6.45, 7) is 2.12. The Morgan fingerprint density at radius 1 is 0.848 bits per heavy atom. The summed E-state index contributed by atoms with van der Waals surface area (Å²) in [7, 11) is 3.23. The van der Waals surface area contributed by atoms with E-state index in [4.69, 9.17) is 23.6 Å². The maximum Gasteiger partial charge on any atom is 0.230 e. The second-order valence-corrected chi connectivity index (χ2v) is 7.48. The van der Waals surface area contributed by atoms with Crippen LogP contribution in [0.1, 0.15) is 11.5 Å². The number of hydrogen-bond acceptors (Lipinski definition) is 6. The SMILES string of the molecule is COc1ccc(OC)c(-c2nc(COc3ccccc3-c3nc4ccccc4[nH]3)c(C)o2)c1. The first-order valence-corrected chi connectivity index (χ1v) is 10.5. The number of ether oxygens (including phenoxy) is 3. The van der Waals surface area contributed by atoms with Gasteiger partial charge >= 0.3 is 0 Å². The molecule has 5 rings (SSSR count). The number of nitrogens with zero attached hydrogens (tertiary/aromatic N) is 2. The van der Waals surface area contributed by atoms with Gasteiger partial charge in [0.05, 0.1) is 36.4 Å². The molecule has 2 heterocycles. The van der Waals surface area contributed by atoms with Crippen LogP contribution in [-0.2, 0) is 6.61 Å². The first-order chi connectivity index (χ1) is 16.2. The highest BCUT2D eigenvalue weighted by molar-refractivity contribution is 5.80. The quantitative estimate of drug-likeness (QED) is 0.344. The number of aryl methyl sites for hydroxylation is 1. The number of aromatic amines is 1. The lowest BCUT2D eigenvalue weighted by atomic mass is 10.2. The summed E-state index contributed by atoms with van der Waals surface area (Å²) in [5.41, 5.74) is 4.19. The molecule has 5 aromatic rings. The normalized spacial score (nSPS) is 11.0. The monoisotopic (exact) mass is 441 g/mol. The van der Waals surface area contributed by atoms with Crippen LogP contribution < -0.4 is 14.2 Å². The van der Waals surface area contributed by atoms with Crippen molar-refractivity contribution >= 4 is 11.0 Å². The van der Waals surface area contributed by atoms with Crippen LogP contribution in [0.15, 0.2) is 71.1 Å². The fourth-order valence-corrected chi connectivity index (χ4v) is 3.67. The van der Waals surface area contributed by atoms with Crippen LogP contribution in [0.25, 0.3) is 33.9 Å². The Kier molecular flexibility index (Phi) is 5.44. The minimum Gasteiger partial charge on any atom is -0.497 e. The molecule has 0 atom stereocenters. The summed E-state index contributed by atoms with van der Waals surface area (Å²) in [5.74, 6) is 3.94. The van der Waals surface area contributed by atoms with Crippen LogP contribution in [0.5, 0.6) is 17.2 Å². The zero-order valence-corrected chi connectivity index (χ0v) is 18.6. The molecule has 0 radical (unpaired) electrons. The predicted octanol–water partition coefficient (Wildman–Crippen LogP) is 5.79. The van der Waals surface area contributed by atoms with Gasteiger partial charge in [-0.1, -0.05) is 24.3 Å². The summed E-state index contributed by atoms with van der Waals surface area (Å²) in [4.78, 5) is 12.7. The number of fused-ring (bicyclic) bond motifs is 1. The molecule has 0 spiro atoms. The lowest BCUT2D eigenvalue weighted by Gasteiger charge is -2.09. The number of methoxy groups -OCH3 is 2. The van der Waals surface area contributed by atoms with Gasteiger partial charge in [0.2, 0.25) is 5.89 Å². The van der Waals surface area contributed by atoms with E-state index >= 15 is 0 Å². The van der Waals surface area contributed by atoms with E-state index in [2.05, 4.69) is 9.97 Å². The second-order valence-electron chi connectivity index (χ2n) is 7.48. The number of hydrogen-bond donors (Lipinski definition) is 1. The van der Waals surface area contributed by atoms with Crippen LogP contribution in [-0.4, -0.2) is 29.2 Å². The maximum atomic E-state index is 6.17. The number of benzene rings is 3. The molecule has 1 N–H and O–H groups in total. The van der Waals surface area contributed by atoms with Crippen LogP contribution >= 0.6 is 0 Å². The number of rotatable bonds is 7. The van der Waals surface area contributed by atoms with Crippen LogP contribution in [0.4, 0.5) is 0 Å². The molecule has 0 aliphatic rings. The van der Waals surface area contributed by atoms with Gasteiger partial charge < -0.3 is 23.6 Å². The Balaban J connectivity index is 1.42. The standard InChI is InChI=1S/C26H23N3O4/c1-16-22(29-26(33-16)19-14-17(30-2)12-13-23(19)31-3)15-32-24-11-7-4-8-18(24)25-27-20-9-5-6-10-21(20)28-25/h4-14H,15H2,1-3H3,(H,27,28). The van der Waals surface area contributed by atoms with Crippen LogP contribution in [0.2, 0.25) is 0 Å². The highest BCUT2D eigenvalue weighted by atomic mass is 16.5. The van der Waals surface area contributed by atoms with Crippen molar-refractivity contribution in [3.63, 3.8) is 0 Å². The Bertz CT molecular complexity index is 1390. The van der Waals surface area contributed by atoms with Gasteiger partial charge in [0.15, 0.2) is 0 Å². The Labute approximate surface area is 191 Å². The predicted molar refractivity (Wildman–Crippen MR) is 126 cm³/mol. The molecule has 0 aliphatic heterocycles. The summed E-state index contributed by atoms with van der Waals surface area (Å²) in [6.07, 6.45) is 0. The smallest absolute Gasteiger partial charge is 0.230 e. The molecule has 7 nitrogen and oxygen atoms in total. The molecule has 0 aliphatic carbocycles. The van der Waals surface area contributed by atoms with Crippen molar-refractivity contribution in [3.8, 4) is 40.1 Å². The van der Waals surface area contributed by atoms with E-state index in [0.29, 0.717) is 40.2 Å². The average molecular weight is 441 g/mol. The Morgan fingerprint density at radius 3 is 2.48 bits per heavy atom. The van der Waals surface area contributed by atoms with Crippen molar-refractivity contribution in [3.05, 3.63) is 78.2 Å². The second kappa shape index (κ2) is 8.70. The first-order valence-electron chi connectivity index (χ1n) is 10.5. The highest BCUT2D eigenvalue weighted by Crippen LogP contribution is 2.35. The highest BCUT2D eigenvalue weighted by Gasteiger charge is 2.18. The number of imidazole rings is 1. The van der Waals surface area contributed by atoms with Gasteiger partial charge in [-0.05, 0) is 49.4 Å². The number of nitrogens with one attached hydrogen (secondary N) is 1. The molecular weight excluding hydrogens is 418 g/mol. The Hall–Kier alpha value is -4.26. The van der Waals surface area contributed by atoms with Gasteiger partial charge in [-0.15, -0.1) is 0 Å². The van der Waals surface area contributed by atoms with Crippen molar-refractivity contribution < 1.29 is 18.6 Å². The van der Waals surface area contributed by atoms with E-state index in [1.165, 1.54) is 0 Å². The molecule has 0 bridgehead atoms. The summed E-state index contributed by atoms with van der Waals surface area (Å²) in [5, 5.41) is 0. The minimum atomic E-state index is 0.249. The van der Waals surface area contributed by atoms with Crippen LogP contribution in [0, 0.1) is 6.92 Å². The van der Waals surface area contributed by atoms with Crippen molar-refractivity contribution in [1.82, 2.24) is 15.0 Å². The van der Waals surface area contributed by atoms with Gasteiger partial charge in [0.25, 0.3) is 0 Å². The number of aromatic nitrogens is 3. The van der Waals surface area contributed by atoms with E-state index in [1.54, 1.807) is 14.2 Å². The average Bonchev–Trinajstić information content (AvgIpc) is 3.45. The first kappa shape index (κ1) is 20.6. The minimum absolute atomic E-state index is 0.249. The molecule has 0 saturated carbocycles. The van der Waals surface area contributed by atoms with Gasteiger partial charge in [-0.3, -0.25) is 0 Å². The third-order valence-electron chi connectivity index (χ3n) is 5.43. The summed E-state index contributed by atoms with van der Waals surface area (Å²) < 4.78 is 22.9. The molecular formula is C26H23N3O4. The zero-order valence-electron chi connectivity index (χ0n) is 18.6. The third kappa shape index (κ3) is 4.01. The van der Waals surface area contributed by atoms with Crippen molar-refractivity contribution in [1.29, 1.82) is 0 Å². The van der Waals surface area contributed by atoms with E-state index < -0.39 is 0 Å². The molecule has 0 fully saturated rings. The van der Waals surface area contributed by atoms with E-state index in [0.717, 1.165) is 22.4 Å². The van der Waals surface area contributed by atoms with Crippen molar-refractivity contribution in [2.24, 2.45) is 0 Å². The number of H-pyrrole nitrogens is 1. The lowest BCUT2D eigenvalue weighted by Crippen LogP contribution is -1.99. The maximum absolute atomic E-state index is 6.17. The molecule has 0 saturated heterocycles. The third-order valence-corrected chi connectivity index (χ3v) is 5.43. The molecule has 166 valence electrons. The molecule has 33 heavy (non-hydrogen) atoms. The largest absolute Gasteiger partial charge is 0.497 e. The fraction of sp³-hybridized carbons (Fsp3) is 0.154. The van der Waals surface area contributed by atoms with E-state index in [-0.39, 0.29) is 6.61 Å². The Morgan fingerprint density at radius 2 is 1.67 bits per heavy atom. The van der Waals surface area contributed by atoms with Crippen LogP contribution in [0.3, 0.4) is 0 Å². The van der Waals surface area contributed by atoms with Gasteiger partial charge in [-0.2, -0.15) is 0 Å². The van der Waals surface area contributed by atoms with Crippen molar-refractivity contribution in [2.45, 2.75) is 13.5 Å². The van der Waals surface area contributed by atoms with Gasteiger partial charge in [0, 0.05) is 0 Å². The lowest BCUT2D eigenvalue weighted by molar-refractivity contribution is 0.300. The van der Waals surface area contributed by atoms with E-state index in [1.807, 2.05) is 73.7 Å². The summed E-state index contributed by atoms with van der Waals surface area (Å²) >= 11 is 0. The molecule has 0 unspecified atom stereocenters. The van der Waals surface area contributed by atoms with Gasteiger partial charge in [-0.25, -0.2) is 9.97 Å². The van der Waals surface area contributed by atoms with Crippen molar-refractivity contribution in [2.75, 3.05) is 14.2 Å². The van der Waals surface area contributed by atoms with Gasteiger partial charge in [0.1, 0.15) is 41.1 Å². The zero-order chi connectivity index (χ0) is 22.8. The van der Waals surface area contributed by atoms with E-state index in [9.17, 15) is 0 Å². The number of oxazole rings is 1. The molecule has 0 amide bonds. The molecule has 2 aromatic heterocycles. The molecule has 7 heteroatoms. The molecule has 3 aromatic carbocycles. The number of para-hydroxylation sites is 3. The topological polar surface area (TPSA) is 82.4 Å². The fourth-order valence-electron chi connectivity index (χ4n) is 3.67.